The lowest BCUT2D eigenvalue weighted by Crippen LogP contribution is -2.28. The van der Waals surface area contributed by atoms with Crippen LogP contribution in [0.3, 0.4) is 0 Å². The average molecular weight is 377 g/mol. The van der Waals surface area contributed by atoms with Gasteiger partial charge in [-0.3, -0.25) is 18.8 Å². The Bertz CT molecular complexity index is 1200. The van der Waals surface area contributed by atoms with Crippen LogP contribution >= 0.6 is 0 Å². The predicted molar refractivity (Wildman–Crippen MR) is 102 cm³/mol. The summed E-state index contributed by atoms with van der Waals surface area (Å²) in [7, 11) is 0. The maximum absolute atomic E-state index is 13.4. The molecule has 2 heterocycles. The van der Waals surface area contributed by atoms with Gasteiger partial charge < -0.3 is 5.32 Å². The highest BCUT2D eigenvalue weighted by Gasteiger charge is 2.10. The van der Waals surface area contributed by atoms with Gasteiger partial charge in [0.1, 0.15) is 12.4 Å². The van der Waals surface area contributed by atoms with Crippen molar-refractivity contribution in [3.63, 3.8) is 0 Å². The molecule has 0 saturated carbocycles. The summed E-state index contributed by atoms with van der Waals surface area (Å²) in [5.41, 5.74) is 1.51. The summed E-state index contributed by atoms with van der Waals surface area (Å²) in [5, 5.41) is 7.06. The molecule has 8 heteroatoms. The van der Waals surface area contributed by atoms with Gasteiger partial charge in [-0.05, 0) is 42.0 Å². The standard InChI is InChI=1S/C20H16FN5O2/c21-15-5-6-18-17(10-15)20(28)25(13-22-18)12-19(27)24-16-4-1-3-14(9-16)11-26-8-2-7-23-26/h1-10,13H,11-12H2,(H,24,27). The van der Waals surface area contributed by atoms with E-state index in [4.69, 9.17) is 0 Å². The number of nitrogens with zero attached hydrogens (tertiary/aromatic N) is 4. The number of benzene rings is 2. The topological polar surface area (TPSA) is 81.8 Å². The molecule has 0 aliphatic carbocycles. The van der Waals surface area contributed by atoms with Gasteiger partial charge >= 0.3 is 0 Å². The number of anilines is 1. The van der Waals surface area contributed by atoms with Crippen LogP contribution in [0.2, 0.25) is 0 Å². The monoisotopic (exact) mass is 377 g/mol. The summed E-state index contributed by atoms with van der Waals surface area (Å²) in [6.45, 7) is 0.359. The number of hydrogen-bond donors (Lipinski definition) is 1. The number of carbonyl (C=O) groups excluding carboxylic acids is 1. The van der Waals surface area contributed by atoms with E-state index in [1.165, 1.54) is 18.5 Å². The fourth-order valence-electron chi connectivity index (χ4n) is 2.93. The summed E-state index contributed by atoms with van der Waals surface area (Å²) in [6.07, 6.45) is 4.84. The van der Waals surface area contributed by atoms with Crippen LogP contribution in [0.4, 0.5) is 10.1 Å². The zero-order chi connectivity index (χ0) is 19.5. The SMILES string of the molecule is O=C(Cn1cnc2ccc(F)cc2c1=O)Nc1cccc(Cn2cccn2)c1. The number of fused-ring (bicyclic) bond motifs is 1. The Hall–Kier alpha value is -3.81. The van der Waals surface area contributed by atoms with Gasteiger partial charge in [0.15, 0.2) is 0 Å². The first-order valence-corrected chi connectivity index (χ1v) is 8.59. The maximum Gasteiger partial charge on any atom is 0.261 e. The summed E-state index contributed by atoms with van der Waals surface area (Å²) in [4.78, 5) is 28.9. The first kappa shape index (κ1) is 17.6. The van der Waals surface area contributed by atoms with E-state index in [-0.39, 0.29) is 17.8 Å². The molecule has 0 aliphatic rings. The smallest absolute Gasteiger partial charge is 0.261 e. The normalized spacial score (nSPS) is 10.9. The number of amides is 1. The van der Waals surface area contributed by atoms with Crippen LogP contribution < -0.4 is 10.9 Å². The summed E-state index contributed by atoms with van der Waals surface area (Å²) < 4.78 is 16.3. The molecule has 0 saturated heterocycles. The highest BCUT2D eigenvalue weighted by Crippen LogP contribution is 2.12. The van der Waals surface area contributed by atoms with E-state index >= 15 is 0 Å². The summed E-state index contributed by atoms with van der Waals surface area (Å²) >= 11 is 0. The Morgan fingerprint density at radius 2 is 2.04 bits per heavy atom. The number of halogens is 1. The van der Waals surface area contributed by atoms with Crippen molar-refractivity contribution in [2.24, 2.45) is 0 Å². The minimum absolute atomic E-state index is 0.136. The van der Waals surface area contributed by atoms with Gasteiger partial charge in [-0.1, -0.05) is 12.1 Å². The van der Waals surface area contributed by atoms with Crippen LogP contribution in [0.1, 0.15) is 5.56 Å². The molecule has 1 amide bonds. The third-order valence-corrected chi connectivity index (χ3v) is 4.21. The fourth-order valence-corrected chi connectivity index (χ4v) is 2.93. The van der Waals surface area contributed by atoms with Gasteiger partial charge in [-0.2, -0.15) is 5.10 Å². The van der Waals surface area contributed by atoms with Gasteiger partial charge in [0, 0.05) is 18.1 Å². The van der Waals surface area contributed by atoms with Crippen LogP contribution in [0, 0.1) is 5.82 Å². The molecule has 0 radical (unpaired) electrons. The van der Waals surface area contributed by atoms with E-state index in [0.29, 0.717) is 17.7 Å². The van der Waals surface area contributed by atoms with Crippen molar-refractivity contribution in [3.8, 4) is 0 Å². The van der Waals surface area contributed by atoms with Gasteiger partial charge in [0.25, 0.3) is 5.56 Å². The van der Waals surface area contributed by atoms with Gasteiger partial charge in [0.05, 0.1) is 23.8 Å². The third kappa shape index (κ3) is 3.80. The molecule has 4 rings (SSSR count). The molecule has 2 aromatic heterocycles. The summed E-state index contributed by atoms with van der Waals surface area (Å²) in [5.74, 6) is -0.904. The maximum atomic E-state index is 13.4. The number of rotatable bonds is 5. The van der Waals surface area contributed by atoms with E-state index in [2.05, 4.69) is 15.4 Å². The lowest BCUT2D eigenvalue weighted by atomic mass is 10.2. The summed E-state index contributed by atoms with van der Waals surface area (Å²) in [6, 6.07) is 13.0. The minimum atomic E-state index is -0.525. The van der Waals surface area contributed by atoms with E-state index in [1.807, 2.05) is 30.5 Å². The van der Waals surface area contributed by atoms with Crippen molar-refractivity contribution >= 4 is 22.5 Å². The Kier molecular flexibility index (Phi) is 4.67. The van der Waals surface area contributed by atoms with Crippen molar-refractivity contribution in [2.45, 2.75) is 13.1 Å². The minimum Gasteiger partial charge on any atom is -0.325 e. The van der Waals surface area contributed by atoms with Crippen molar-refractivity contribution < 1.29 is 9.18 Å². The second-order valence-electron chi connectivity index (χ2n) is 6.29. The van der Waals surface area contributed by atoms with E-state index < -0.39 is 11.4 Å². The molecule has 140 valence electrons. The highest BCUT2D eigenvalue weighted by atomic mass is 19.1. The largest absolute Gasteiger partial charge is 0.325 e. The average Bonchev–Trinajstić information content (AvgIpc) is 3.18. The molecule has 0 spiro atoms. The molecule has 2 aromatic carbocycles. The fraction of sp³-hybridized carbons (Fsp3) is 0.100. The molecule has 7 nitrogen and oxygen atoms in total. The molecule has 0 unspecified atom stereocenters. The molecule has 0 fully saturated rings. The van der Waals surface area contributed by atoms with Crippen LogP contribution in [-0.2, 0) is 17.9 Å². The number of nitrogens with one attached hydrogen (secondary N) is 1. The van der Waals surface area contributed by atoms with Crippen LogP contribution in [-0.4, -0.2) is 25.2 Å². The third-order valence-electron chi connectivity index (χ3n) is 4.21. The van der Waals surface area contributed by atoms with Gasteiger partial charge in [0.2, 0.25) is 5.91 Å². The van der Waals surface area contributed by atoms with Gasteiger partial charge in [-0.25, -0.2) is 9.37 Å². The second-order valence-corrected chi connectivity index (χ2v) is 6.29. The van der Waals surface area contributed by atoms with E-state index in [1.54, 1.807) is 16.9 Å². The van der Waals surface area contributed by atoms with Crippen LogP contribution in [0.5, 0.6) is 0 Å². The Morgan fingerprint density at radius 3 is 2.86 bits per heavy atom. The second kappa shape index (κ2) is 7.43. The Labute approximate surface area is 159 Å². The zero-order valence-electron chi connectivity index (χ0n) is 14.7. The van der Waals surface area contributed by atoms with Crippen molar-refractivity contribution in [3.05, 3.63) is 89.0 Å². The lowest BCUT2D eigenvalue weighted by molar-refractivity contribution is -0.116. The quantitative estimate of drug-likeness (QED) is 0.579. The molecule has 28 heavy (non-hydrogen) atoms. The number of hydrogen-bond acceptors (Lipinski definition) is 4. The first-order valence-electron chi connectivity index (χ1n) is 8.59. The van der Waals surface area contributed by atoms with Crippen molar-refractivity contribution in [2.75, 3.05) is 5.32 Å². The molecule has 1 N–H and O–H groups in total. The Balaban J connectivity index is 1.50. The number of aromatic nitrogens is 4. The van der Waals surface area contributed by atoms with Crippen LogP contribution in [0.15, 0.2) is 72.0 Å². The predicted octanol–water partition coefficient (Wildman–Crippen LogP) is 2.42. The number of carbonyl (C=O) groups is 1. The lowest BCUT2D eigenvalue weighted by Gasteiger charge is -2.09. The molecule has 0 atom stereocenters. The molecular weight excluding hydrogens is 361 g/mol. The van der Waals surface area contributed by atoms with Crippen molar-refractivity contribution in [1.29, 1.82) is 0 Å². The highest BCUT2D eigenvalue weighted by molar-refractivity contribution is 5.90. The van der Waals surface area contributed by atoms with Crippen LogP contribution in [0.25, 0.3) is 10.9 Å². The van der Waals surface area contributed by atoms with E-state index in [0.717, 1.165) is 16.2 Å². The van der Waals surface area contributed by atoms with Crippen molar-refractivity contribution in [1.82, 2.24) is 19.3 Å². The molecule has 4 aromatic rings. The molecule has 0 bridgehead atoms. The zero-order valence-corrected chi connectivity index (χ0v) is 14.7. The Morgan fingerprint density at radius 1 is 1.14 bits per heavy atom. The molecule has 0 aliphatic heterocycles. The molecular formula is C20H16FN5O2. The first-order chi connectivity index (χ1) is 13.6. The van der Waals surface area contributed by atoms with E-state index in [9.17, 15) is 14.0 Å². The van der Waals surface area contributed by atoms with Gasteiger partial charge in [-0.15, -0.1) is 0 Å².